The number of thiazole rings is 1. The van der Waals surface area contributed by atoms with Crippen molar-refractivity contribution in [3.8, 4) is 0 Å². The lowest BCUT2D eigenvalue weighted by molar-refractivity contribution is -0.0277. The summed E-state index contributed by atoms with van der Waals surface area (Å²) in [5, 5.41) is 4.54. The molecule has 0 aromatic carbocycles. The number of morpholine rings is 1. The van der Waals surface area contributed by atoms with E-state index >= 15 is 0 Å². The minimum Gasteiger partial charge on any atom is -0.383 e. The van der Waals surface area contributed by atoms with E-state index in [0.717, 1.165) is 50.9 Å². The van der Waals surface area contributed by atoms with Crippen LogP contribution in [0.2, 0.25) is 0 Å². The molecule has 1 N–H and O–H groups in total. The van der Waals surface area contributed by atoms with Gasteiger partial charge in [-0.25, -0.2) is 4.98 Å². The molecular weight excluding hydrogens is 286 g/mol. The quantitative estimate of drug-likeness (QED) is 0.781. The summed E-state index contributed by atoms with van der Waals surface area (Å²) in [5.41, 5.74) is 1.12. The summed E-state index contributed by atoms with van der Waals surface area (Å²) in [4.78, 5) is 8.53. The smallest absolute Gasteiger partial charge is 0.186 e. The lowest BCUT2D eigenvalue weighted by Gasteiger charge is -2.38. The monoisotopic (exact) mass is 313 g/mol. The molecule has 0 unspecified atom stereocenters. The first-order valence-electron chi connectivity index (χ1n) is 7.63. The highest BCUT2D eigenvalue weighted by Gasteiger charge is 2.29. The van der Waals surface area contributed by atoms with E-state index in [2.05, 4.69) is 31.0 Å². The molecular formula is C15H27N3O2S. The van der Waals surface area contributed by atoms with Gasteiger partial charge in [-0.1, -0.05) is 6.92 Å². The van der Waals surface area contributed by atoms with E-state index in [1.165, 1.54) is 10.6 Å². The van der Waals surface area contributed by atoms with E-state index in [1.54, 1.807) is 18.4 Å². The van der Waals surface area contributed by atoms with Crippen molar-refractivity contribution in [2.24, 2.45) is 0 Å². The van der Waals surface area contributed by atoms with Gasteiger partial charge in [0.25, 0.3) is 0 Å². The molecule has 5 nitrogen and oxygen atoms in total. The molecule has 0 atom stereocenters. The lowest BCUT2D eigenvalue weighted by atomic mass is 10.1. The van der Waals surface area contributed by atoms with E-state index in [9.17, 15) is 0 Å². The third-order valence-corrected chi connectivity index (χ3v) is 4.72. The summed E-state index contributed by atoms with van der Waals surface area (Å²) in [6, 6.07) is 0. The fourth-order valence-electron chi connectivity index (χ4n) is 2.48. The number of ether oxygens (including phenoxy) is 2. The molecule has 0 aliphatic carbocycles. The first-order valence-corrected chi connectivity index (χ1v) is 8.44. The average molecular weight is 313 g/mol. The Hall–Kier alpha value is -0.690. The summed E-state index contributed by atoms with van der Waals surface area (Å²) >= 11 is 1.81. The highest BCUT2D eigenvalue weighted by atomic mass is 32.1. The summed E-state index contributed by atoms with van der Waals surface area (Å²) in [5.74, 6) is 0. The second kappa shape index (κ2) is 7.54. The summed E-state index contributed by atoms with van der Waals surface area (Å²) in [7, 11) is 1.73. The maximum atomic E-state index is 5.78. The van der Waals surface area contributed by atoms with Crippen molar-refractivity contribution in [2.75, 3.05) is 44.9 Å². The van der Waals surface area contributed by atoms with Crippen molar-refractivity contribution in [3.05, 3.63) is 10.6 Å². The highest BCUT2D eigenvalue weighted by molar-refractivity contribution is 7.15. The second-order valence-corrected chi connectivity index (χ2v) is 6.98. The number of nitrogens with one attached hydrogen (secondary N) is 1. The zero-order valence-electron chi connectivity index (χ0n) is 13.6. The second-order valence-electron chi connectivity index (χ2n) is 5.92. The molecule has 1 saturated heterocycles. The maximum absolute atomic E-state index is 5.78. The lowest BCUT2D eigenvalue weighted by Crippen LogP contribution is -2.48. The predicted molar refractivity (Wildman–Crippen MR) is 87.3 cm³/mol. The Kier molecular flexibility index (Phi) is 5.98. The van der Waals surface area contributed by atoms with Crippen molar-refractivity contribution in [3.63, 3.8) is 0 Å². The first kappa shape index (κ1) is 16.7. The summed E-state index contributed by atoms with van der Waals surface area (Å²) in [6.07, 6.45) is 0.978. The Morgan fingerprint density at radius 2 is 2.29 bits per heavy atom. The van der Waals surface area contributed by atoms with Gasteiger partial charge in [0.05, 0.1) is 24.5 Å². The predicted octanol–water partition coefficient (Wildman–Crippen LogP) is 2.06. The van der Waals surface area contributed by atoms with Crippen LogP contribution in [0.25, 0.3) is 0 Å². The van der Waals surface area contributed by atoms with Crippen LogP contribution in [0.1, 0.15) is 31.3 Å². The van der Waals surface area contributed by atoms with E-state index < -0.39 is 0 Å². The van der Waals surface area contributed by atoms with Gasteiger partial charge in [0.1, 0.15) is 0 Å². The van der Waals surface area contributed by atoms with Crippen LogP contribution in [0.15, 0.2) is 0 Å². The Balaban J connectivity index is 2.02. The van der Waals surface area contributed by atoms with Crippen LogP contribution in [-0.4, -0.2) is 50.5 Å². The molecule has 0 bridgehead atoms. The molecule has 1 aromatic rings. The molecule has 0 saturated carbocycles. The molecule has 0 spiro atoms. The van der Waals surface area contributed by atoms with Gasteiger partial charge in [0.2, 0.25) is 0 Å². The zero-order chi connectivity index (χ0) is 15.3. The SMILES string of the molecule is CCc1nc(N2CCOC(C)(C)C2)sc1CNCCOC. The average Bonchev–Trinajstić information content (AvgIpc) is 2.86. The van der Waals surface area contributed by atoms with E-state index in [-0.39, 0.29) is 5.60 Å². The standard InChI is InChI=1S/C15H27N3O2S/c1-5-12-13(10-16-6-8-19-4)21-14(17-12)18-7-9-20-15(2,3)11-18/h16H,5-11H2,1-4H3. The largest absolute Gasteiger partial charge is 0.383 e. The fraction of sp³-hybridized carbons (Fsp3) is 0.800. The van der Waals surface area contributed by atoms with Crippen LogP contribution in [0.4, 0.5) is 5.13 Å². The molecule has 1 fully saturated rings. The summed E-state index contributed by atoms with van der Waals surface area (Å²) in [6.45, 7) is 11.5. The molecule has 120 valence electrons. The molecule has 6 heteroatoms. The number of anilines is 1. The Bertz CT molecular complexity index is 448. The third-order valence-electron chi connectivity index (χ3n) is 3.57. The van der Waals surface area contributed by atoms with Crippen LogP contribution in [0.5, 0.6) is 0 Å². The minimum atomic E-state index is -0.0901. The molecule has 0 amide bonds. The van der Waals surface area contributed by atoms with Gasteiger partial charge in [-0.2, -0.15) is 0 Å². The van der Waals surface area contributed by atoms with Crippen LogP contribution >= 0.6 is 11.3 Å². The van der Waals surface area contributed by atoms with Crippen LogP contribution in [-0.2, 0) is 22.4 Å². The van der Waals surface area contributed by atoms with Gasteiger partial charge < -0.3 is 19.7 Å². The van der Waals surface area contributed by atoms with Gasteiger partial charge in [0, 0.05) is 38.2 Å². The van der Waals surface area contributed by atoms with Crippen LogP contribution in [0.3, 0.4) is 0 Å². The van der Waals surface area contributed by atoms with Gasteiger partial charge in [-0.05, 0) is 20.3 Å². The Morgan fingerprint density at radius 1 is 1.48 bits per heavy atom. The van der Waals surface area contributed by atoms with Gasteiger partial charge in [-0.15, -0.1) is 11.3 Å². The van der Waals surface area contributed by atoms with Crippen molar-refractivity contribution in [1.29, 1.82) is 0 Å². The highest BCUT2D eigenvalue weighted by Crippen LogP contribution is 2.30. The number of rotatable bonds is 7. The van der Waals surface area contributed by atoms with Crippen LogP contribution < -0.4 is 10.2 Å². The first-order chi connectivity index (χ1) is 10.1. The number of aromatic nitrogens is 1. The topological polar surface area (TPSA) is 46.6 Å². The number of aryl methyl sites for hydroxylation is 1. The van der Waals surface area contributed by atoms with Crippen molar-refractivity contribution >= 4 is 16.5 Å². The molecule has 2 heterocycles. The summed E-state index contributed by atoms with van der Waals surface area (Å²) < 4.78 is 10.8. The Morgan fingerprint density at radius 3 is 2.95 bits per heavy atom. The number of hydrogen-bond acceptors (Lipinski definition) is 6. The van der Waals surface area contributed by atoms with Crippen molar-refractivity contribution in [2.45, 2.75) is 39.3 Å². The van der Waals surface area contributed by atoms with Gasteiger partial charge >= 0.3 is 0 Å². The van der Waals surface area contributed by atoms with Crippen LogP contribution in [0, 0.1) is 0 Å². The molecule has 0 radical (unpaired) electrons. The fourth-order valence-corrected chi connectivity index (χ4v) is 3.62. The number of nitrogens with zero attached hydrogens (tertiary/aromatic N) is 2. The molecule has 1 aliphatic rings. The Labute approximate surface area is 131 Å². The third kappa shape index (κ3) is 4.64. The zero-order valence-corrected chi connectivity index (χ0v) is 14.4. The normalized spacial score (nSPS) is 18.2. The molecule has 1 aliphatic heterocycles. The number of hydrogen-bond donors (Lipinski definition) is 1. The van der Waals surface area contributed by atoms with E-state index in [4.69, 9.17) is 14.5 Å². The maximum Gasteiger partial charge on any atom is 0.186 e. The molecule has 1 aromatic heterocycles. The van der Waals surface area contributed by atoms with Crippen molar-refractivity contribution < 1.29 is 9.47 Å². The van der Waals surface area contributed by atoms with Crippen molar-refractivity contribution in [1.82, 2.24) is 10.3 Å². The molecule has 2 rings (SSSR count). The minimum absolute atomic E-state index is 0.0901. The van der Waals surface area contributed by atoms with Gasteiger partial charge in [0.15, 0.2) is 5.13 Å². The van der Waals surface area contributed by atoms with E-state index in [0.29, 0.717) is 0 Å². The molecule has 21 heavy (non-hydrogen) atoms. The van der Waals surface area contributed by atoms with E-state index in [1.807, 2.05) is 0 Å². The van der Waals surface area contributed by atoms with Gasteiger partial charge in [-0.3, -0.25) is 0 Å². The number of methoxy groups -OCH3 is 1.